The van der Waals surface area contributed by atoms with E-state index in [1.165, 1.54) is 24.3 Å². The van der Waals surface area contributed by atoms with E-state index in [0.717, 1.165) is 9.80 Å². The lowest BCUT2D eigenvalue weighted by Gasteiger charge is -2.29. The number of benzene rings is 4. The predicted molar refractivity (Wildman–Crippen MR) is 125 cm³/mol. The Bertz CT molecular complexity index is 1380. The Labute approximate surface area is 193 Å². The number of aromatic hydroxyl groups is 2. The minimum Gasteiger partial charge on any atom is -0.508 e. The summed E-state index contributed by atoms with van der Waals surface area (Å²) in [4.78, 5) is 54.3. The van der Waals surface area contributed by atoms with Gasteiger partial charge in [-0.25, -0.2) is 9.80 Å². The Morgan fingerprint density at radius 1 is 0.529 bits per heavy atom. The molecule has 0 aromatic heterocycles. The van der Waals surface area contributed by atoms with E-state index in [0.29, 0.717) is 21.5 Å². The van der Waals surface area contributed by atoms with Gasteiger partial charge in [0.25, 0.3) is 0 Å². The van der Waals surface area contributed by atoms with Crippen molar-refractivity contribution in [1.82, 2.24) is 0 Å². The van der Waals surface area contributed by atoms with Crippen LogP contribution in [0.5, 0.6) is 11.5 Å². The van der Waals surface area contributed by atoms with Crippen molar-refractivity contribution < 1.29 is 29.4 Å². The summed E-state index contributed by atoms with van der Waals surface area (Å²) in [6.45, 7) is 0. The van der Waals surface area contributed by atoms with Crippen molar-refractivity contribution in [3.63, 3.8) is 0 Å². The highest BCUT2D eigenvalue weighted by Crippen LogP contribution is 2.35. The van der Waals surface area contributed by atoms with Crippen LogP contribution in [0, 0.1) is 0 Å². The minimum absolute atomic E-state index is 0.0995. The fourth-order valence-electron chi connectivity index (χ4n) is 4.31. The molecule has 8 nitrogen and oxygen atoms in total. The second-order valence-corrected chi connectivity index (χ2v) is 7.97. The third kappa shape index (κ3) is 3.51. The lowest BCUT2D eigenvalue weighted by atomic mass is 10.0. The van der Waals surface area contributed by atoms with E-state index in [4.69, 9.17) is 0 Å². The van der Waals surface area contributed by atoms with Gasteiger partial charge in [0.15, 0.2) is 0 Å². The summed E-state index contributed by atoms with van der Waals surface area (Å²) in [7, 11) is 0. The first kappa shape index (κ1) is 21.1. The van der Waals surface area contributed by atoms with E-state index >= 15 is 0 Å². The van der Waals surface area contributed by atoms with Gasteiger partial charge in [-0.05, 0) is 22.9 Å². The number of imide groups is 2. The number of nitrogens with zero attached hydrogens (tertiary/aromatic N) is 2. The zero-order chi connectivity index (χ0) is 24.0. The third-order valence-electron chi connectivity index (χ3n) is 5.73. The van der Waals surface area contributed by atoms with Crippen LogP contribution >= 0.6 is 0 Å². The Balaban J connectivity index is 1.60. The maximum absolute atomic E-state index is 13.2. The molecule has 1 saturated heterocycles. The zero-order valence-electron chi connectivity index (χ0n) is 17.8. The molecule has 2 N–H and O–H groups in total. The number of carbonyl (C=O) groups is 4. The number of anilines is 2. The van der Waals surface area contributed by atoms with Crippen molar-refractivity contribution in [2.45, 2.75) is 12.8 Å². The summed E-state index contributed by atoms with van der Waals surface area (Å²) >= 11 is 0. The van der Waals surface area contributed by atoms with E-state index in [9.17, 15) is 29.4 Å². The second kappa shape index (κ2) is 8.00. The first-order valence-corrected chi connectivity index (χ1v) is 10.5. The Hall–Kier alpha value is -4.72. The SMILES string of the molecule is O=C1CC(=O)N(c2cc(O)cc3ccccc23)C(=O)CC(=O)N1c1cc(O)cc2ccccc12. The molecule has 168 valence electrons. The largest absolute Gasteiger partial charge is 0.508 e. The van der Waals surface area contributed by atoms with E-state index < -0.39 is 36.5 Å². The van der Waals surface area contributed by atoms with Crippen molar-refractivity contribution in [3.05, 3.63) is 72.8 Å². The number of phenols is 2. The third-order valence-corrected chi connectivity index (χ3v) is 5.73. The molecule has 1 aliphatic heterocycles. The van der Waals surface area contributed by atoms with Crippen molar-refractivity contribution in [1.29, 1.82) is 0 Å². The maximum Gasteiger partial charge on any atom is 0.243 e. The monoisotopic (exact) mass is 454 g/mol. The van der Waals surface area contributed by atoms with Gasteiger partial charge in [-0.3, -0.25) is 19.2 Å². The lowest BCUT2D eigenvalue weighted by molar-refractivity contribution is -0.134. The van der Waals surface area contributed by atoms with E-state index in [2.05, 4.69) is 0 Å². The molecule has 1 aliphatic rings. The first-order valence-electron chi connectivity index (χ1n) is 10.5. The summed E-state index contributed by atoms with van der Waals surface area (Å²) < 4.78 is 0. The minimum atomic E-state index is -0.826. The Morgan fingerprint density at radius 3 is 1.26 bits per heavy atom. The van der Waals surface area contributed by atoms with Crippen LogP contribution in [0.15, 0.2) is 72.8 Å². The van der Waals surface area contributed by atoms with Gasteiger partial charge in [-0.2, -0.15) is 0 Å². The van der Waals surface area contributed by atoms with Crippen LogP contribution in [0.1, 0.15) is 12.8 Å². The van der Waals surface area contributed by atoms with Gasteiger partial charge in [-0.1, -0.05) is 48.5 Å². The van der Waals surface area contributed by atoms with E-state index in [1.54, 1.807) is 48.5 Å². The molecule has 0 atom stereocenters. The molecule has 0 spiro atoms. The molecule has 1 fully saturated rings. The number of fused-ring (bicyclic) bond motifs is 2. The van der Waals surface area contributed by atoms with Gasteiger partial charge in [0, 0.05) is 22.9 Å². The molecule has 34 heavy (non-hydrogen) atoms. The van der Waals surface area contributed by atoms with Crippen LogP contribution < -0.4 is 9.80 Å². The fraction of sp³-hybridized carbons (Fsp3) is 0.0769. The highest BCUT2D eigenvalue weighted by Gasteiger charge is 2.37. The van der Waals surface area contributed by atoms with E-state index in [1.807, 2.05) is 0 Å². The normalized spacial score (nSPS) is 15.2. The molecule has 4 amide bonds. The van der Waals surface area contributed by atoms with Crippen LogP contribution in [0.2, 0.25) is 0 Å². The highest BCUT2D eigenvalue weighted by molar-refractivity contribution is 6.33. The van der Waals surface area contributed by atoms with Crippen molar-refractivity contribution in [3.8, 4) is 11.5 Å². The predicted octanol–water partition coefficient (Wildman–Crippen LogP) is 3.62. The second-order valence-electron chi connectivity index (χ2n) is 7.97. The summed E-state index contributed by atoms with van der Waals surface area (Å²) in [5.41, 5.74) is 0.199. The number of amides is 4. The molecule has 0 saturated carbocycles. The number of phenolic OH excluding ortho intramolecular Hbond substituents is 2. The van der Waals surface area contributed by atoms with Gasteiger partial charge in [0.2, 0.25) is 23.6 Å². The van der Waals surface area contributed by atoms with Crippen LogP contribution in [-0.4, -0.2) is 33.8 Å². The van der Waals surface area contributed by atoms with Crippen LogP contribution in [0.3, 0.4) is 0 Å². The Morgan fingerprint density at radius 2 is 0.882 bits per heavy atom. The van der Waals surface area contributed by atoms with E-state index in [-0.39, 0.29) is 22.9 Å². The summed E-state index contributed by atoms with van der Waals surface area (Å²) in [5.74, 6) is -3.63. The maximum atomic E-state index is 13.2. The molecule has 0 unspecified atom stereocenters. The fourth-order valence-corrected chi connectivity index (χ4v) is 4.31. The number of rotatable bonds is 2. The molecule has 8 heteroatoms. The molecule has 1 heterocycles. The number of hydrogen-bond donors (Lipinski definition) is 2. The molecular formula is C26H18N2O6. The summed E-state index contributed by atoms with van der Waals surface area (Å²) in [6.07, 6.45) is -1.52. The molecule has 0 aliphatic carbocycles. The van der Waals surface area contributed by atoms with Crippen LogP contribution in [0.4, 0.5) is 11.4 Å². The average Bonchev–Trinajstić information content (AvgIpc) is 2.78. The lowest BCUT2D eigenvalue weighted by Crippen LogP contribution is -2.49. The molecule has 0 radical (unpaired) electrons. The van der Waals surface area contributed by atoms with Gasteiger partial charge >= 0.3 is 0 Å². The average molecular weight is 454 g/mol. The standard InChI is InChI=1S/C26H18N2O6/c29-17-9-15-5-1-3-7-19(15)21(11-17)27-23(31)13-25(33)28(26(34)14-24(27)32)22-12-18(30)10-16-6-2-4-8-20(16)22/h1-12,29-30H,13-14H2. The van der Waals surface area contributed by atoms with Crippen LogP contribution in [-0.2, 0) is 19.2 Å². The first-order chi connectivity index (χ1) is 16.3. The van der Waals surface area contributed by atoms with Gasteiger partial charge in [0.05, 0.1) is 11.4 Å². The van der Waals surface area contributed by atoms with Gasteiger partial charge < -0.3 is 10.2 Å². The number of carbonyl (C=O) groups excluding carboxylic acids is 4. The molecule has 4 aromatic carbocycles. The molecule has 4 aromatic rings. The van der Waals surface area contributed by atoms with Crippen LogP contribution in [0.25, 0.3) is 21.5 Å². The summed E-state index contributed by atoms with van der Waals surface area (Å²) in [5, 5.41) is 22.5. The molecule has 0 bridgehead atoms. The van der Waals surface area contributed by atoms with Gasteiger partial charge in [-0.15, -0.1) is 0 Å². The molecular weight excluding hydrogens is 436 g/mol. The molecule has 5 rings (SSSR count). The van der Waals surface area contributed by atoms with Crippen molar-refractivity contribution in [2.75, 3.05) is 9.80 Å². The number of hydrogen-bond acceptors (Lipinski definition) is 6. The van der Waals surface area contributed by atoms with Crippen molar-refractivity contribution in [2.24, 2.45) is 0 Å². The van der Waals surface area contributed by atoms with Gasteiger partial charge in [0.1, 0.15) is 24.3 Å². The quantitative estimate of drug-likeness (QED) is 0.353. The Kier molecular flexibility index (Phi) is 4.98. The summed E-state index contributed by atoms with van der Waals surface area (Å²) in [6, 6.07) is 19.2. The van der Waals surface area contributed by atoms with Crippen molar-refractivity contribution >= 4 is 56.5 Å². The zero-order valence-corrected chi connectivity index (χ0v) is 17.8. The highest BCUT2D eigenvalue weighted by atomic mass is 16.3. The smallest absolute Gasteiger partial charge is 0.243 e. The topological polar surface area (TPSA) is 115 Å².